The molecule has 0 bridgehead atoms. The van der Waals surface area contributed by atoms with E-state index in [1.54, 1.807) is 14.2 Å². The van der Waals surface area contributed by atoms with E-state index in [-0.39, 0.29) is 5.91 Å². The number of amides is 1. The van der Waals surface area contributed by atoms with Crippen molar-refractivity contribution in [2.24, 2.45) is 0 Å². The molecule has 0 saturated heterocycles. The van der Waals surface area contributed by atoms with Crippen LogP contribution in [-0.4, -0.2) is 45.2 Å². The highest BCUT2D eigenvalue weighted by atomic mass is 16.5. The van der Waals surface area contributed by atoms with Crippen molar-refractivity contribution < 1.29 is 14.3 Å². The van der Waals surface area contributed by atoms with Crippen LogP contribution in [0.2, 0.25) is 0 Å². The predicted molar refractivity (Wildman–Crippen MR) is 105 cm³/mol. The monoisotopic (exact) mass is 356 g/mol. The highest BCUT2D eigenvalue weighted by Crippen LogP contribution is 2.27. The number of hydrogen-bond donors (Lipinski definition) is 1. The van der Waals surface area contributed by atoms with E-state index in [4.69, 9.17) is 9.47 Å². The molecule has 26 heavy (non-hydrogen) atoms. The molecular formula is C21H28N2O3. The van der Waals surface area contributed by atoms with E-state index < -0.39 is 0 Å². The average molecular weight is 356 g/mol. The Morgan fingerprint density at radius 3 is 2.38 bits per heavy atom. The molecule has 0 aliphatic heterocycles. The van der Waals surface area contributed by atoms with Crippen LogP contribution in [0.25, 0.3) is 0 Å². The average Bonchev–Trinajstić information content (AvgIpc) is 2.62. The van der Waals surface area contributed by atoms with Gasteiger partial charge in [0, 0.05) is 12.2 Å². The van der Waals surface area contributed by atoms with Crippen molar-refractivity contribution in [1.82, 2.24) is 4.90 Å². The molecule has 0 fully saturated rings. The molecule has 0 radical (unpaired) electrons. The summed E-state index contributed by atoms with van der Waals surface area (Å²) in [6, 6.07) is 11.8. The lowest BCUT2D eigenvalue weighted by Gasteiger charge is -2.17. The molecule has 0 heterocycles. The van der Waals surface area contributed by atoms with E-state index in [0.717, 1.165) is 35.7 Å². The van der Waals surface area contributed by atoms with E-state index in [2.05, 4.69) is 12.2 Å². The number of hydrogen-bond acceptors (Lipinski definition) is 4. The molecule has 2 aromatic carbocycles. The quantitative estimate of drug-likeness (QED) is 0.787. The highest BCUT2D eigenvalue weighted by Gasteiger charge is 2.09. The van der Waals surface area contributed by atoms with Gasteiger partial charge >= 0.3 is 0 Å². The first kappa shape index (κ1) is 19.8. The Hall–Kier alpha value is -2.53. The van der Waals surface area contributed by atoms with E-state index in [1.807, 2.05) is 55.3 Å². The molecule has 0 aromatic heterocycles. The molecule has 2 rings (SSSR count). The van der Waals surface area contributed by atoms with E-state index >= 15 is 0 Å². The molecule has 5 heteroatoms. The maximum Gasteiger partial charge on any atom is 0.238 e. The third kappa shape index (κ3) is 5.49. The number of likely N-dealkylation sites (N-methyl/N-ethyl adjacent to an activating group) is 1. The number of aryl methyl sites for hydroxylation is 2. The van der Waals surface area contributed by atoms with Crippen molar-refractivity contribution in [3.63, 3.8) is 0 Å². The predicted octanol–water partition coefficient (Wildman–Crippen LogP) is 3.43. The Kier molecular flexibility index (Phi) is 7.04. The van der Waals surface area contributed by atoms with Gasteiger partial charge in [0.15, 0.2) is 11.5 Å². The number of carbonyl (C=O) groups is 1. The summed E-state index contributed by atoms with van der Waals surface area (Å²) in [5, 5.41) is 2.96. The van der Waals surface area contributed by atoms with Crippen LogP contribution in [0.3, 0.4) is 0 Å². The van der Waals surface area contributed by atoms with Gasteiger partial charge in [0.05, 0.1) is 20.8 Å². The van der Waals surface area contributed by atoms with Crippen LogP contribution in [0.4, 0.5) is 5.69 Å². The maximum atomic E-state index is 12.2. The number of nitrogens with one attached hydrogen (secondary N) is 1. The molecule has 0 aliphatic carbocycles. The van der Waals surface area contributed by atoms with Crippen LogP contribution in [-0.2, 0) is 11.2 Å². The van der Waals surface area contributed by atoms with Gasteiger partial charge in [0.2, 0.25) is 5.91 Å². The molecule has 1 N–H and O–H groups in total. The van der Waals surface area contributed by atoms with Crippen LogP contribution >= 0.6 is 0 Å². The van der Waals surface area contributed by atoms with Crippen molar-refractivity contribution in [2.45, 2.75) is 20.3 Å². The third-order valence-electron chi connectivity index (χ3n) is 4.43. The van der Waals surface area contributed by atoms with Gasteiger partial charge < -0.3 is 14.8 Å². The van der Waals surface area contributed by atoms with E-state index in [9.17, 15) is 4.79 Å². The minimum Gasteiger partial charge on any atom is -0.493 e. The molecule has 5 nitrogen and oxygen atoms in total. The van der Waals surface area contributed by atoms with Crippen LogP contribution < -0.4 is 14.8 Å². The van der Waals surface area contributed by atoms with Gasteiger partial charge in [-0.05, 0) is 68.3 Å². The summed E-state index contributed by atoms with van der Waals surface area (Å²) in [6.07, 6.45) is 0.827. The zero-order valence-corrected chi connectivity index (χ0v) is 16.3. The fourth-order valence-corrected chi connectivity index (χ4v) is 2.70. The van der Waals surface area contributed by atoms with Crippen molar-refractivity contribution >= 4 is 11.6 Å². The largest absolute Gasteiger partial charge is 0.493 e. The zero-order valence-electron chi connectivity index (χ0n) is 16.3. The Morgan fingerprint density at radius 2 is 1.73 bits per heavy atom. The molecular weight excluding hydrogens is 328 g/mol. The Bertz CT molecular complexity index is 759. The van der Waals surface area contributed by atoms with Crippen molar-refractivity contribution in [2.75, 3.05) is 39.7 Å². The first-order valence-electron chi connectivity index (χ1n) is 8.69. The molecule has 1 amide bonds. The lowest BCUT2D eigenvalue weighted by molar-refractivity contribution is -0.117. The van der Waals surface area contributed by atoms with E-state index in [1.165, 1.54) is 11.1 Å². The van der Waals surface area contributed by atoms with Gasteiger partial charge in [-0.25, -0.2) is 0 Å². The number of nitrogens with zero attached hydrogens (tertiary/aromatic N) is 1. The standard InChI is InChI=1S/C21H28N2O3/c1-15-6-8-18(12-16(15)2)22-21(24)14-23(3)11-10-17-7-9-19(25-4)20(13-17)26-5/h6-9,12-13H,10-11,14H2,1-5H3,(H,22,24). The zero-order chi connectivity index (χ0) is 19.1. The Balaban J connectivity index is 1.85. The van der Waals surface area contributed by atoms with Crippen molar-refractivity contribution in [3.05, 3.63) is 53.1 Å². The number of ether oxygens (including phenoxy) is 2. The summed E-state index contributed by atoms with van der Waals surface area (Å²) in [4.78, 5) is 14.2. The minimum atomic E-state index is -0.0111. The Morgan fingerprint density at radius 1 is 1.00 bits per heavy atom. The fraction of sp³-hybridized carbons (Fsp3) is 0.381. The molecule has 140 valence electrons. The first-order chi connectivity index (χ1) is 12.4. The number of rotatable bonds is 8. The van der Waals surface area contributed by atoms with Gasteiger partial charge in [-0.3, -0.25) is 9.69 Å². The van der Waals surface area contributed by atoms with Crippen LogP contribution in [0.5, 0.6) is 11.5 Å². The summed E-state index contributed by atoms with van der Waals surface area (Å²) in [7, 11) is 5.20. The normalized spacial score (nSPS) is 10.7. The van der Waals surface area contributed by atoms with Gasteiger partial charge in [-0.2, -0.15) is 0 Å². The van der Waals surface area contributed by atoms with Gasteiger partial charge in [-0.1, -0.05) is 12.1 Å². The number of carbonyl (C=O) groups excluding carboxylic acids is 1. The SMILES string of the molecule is COc1ccc(CCN(C)CC(=O)Nc2ccc(C)c(C)c2)cc1OC. The summed E-state index contributed by atoms with van der Waals surface area (Å²) < 4.78 is 10.6. The van der Waals surface area contributed by atoms with Crippen molar-refractivity contribution in [1.29, 1.82) is 0 Å². The lowest BCUT2D eigenvalue weighted by Crippen LogP contribution is -2.31. The second-order valence-corrected chi connectivity index (χ2v) is 6.52. The molecule has 0 unspecified atom stereocenters. The van der Waals surface area contributed by atoms with E-state index in [0.29, 0.717) is 6.54 Å². The minimum absolute atomic E-state index is 0.0111. The lowest BCUT2D eigenvalue weighted by atomic mass is 10.1. The van der Waals surface area contributed by atoms with Gasteiger partial charge in [0.25, 0.3) is 0 Å². The molecule has 0 spiro atoms. The highest BCUT2D eigenvalue weighted by molar-refractivity contribution is 5.92. The van der Waals surface area contributed by atoms with Crippen LogP contribution in [0.1, 0.15) is 16.7 Å². The summed E-state index contributed by atoms with van der Waals surface area (Å²) in [5.74, 6) is 1.43. The third-order valence-corrected chi connectivity index (χ3v) is 4.43. The summed E-state index contributed by atoms with van der Waals surface area (Å²) in [5.41, 5.74) is 4.37. The fourth-order valence-electron chi connectivity index (χ4n) is 2.70. The maximum absolute atomic E-state index is 12.2. The molecule has 2 aromatic rings. The van der Waals surface area contributed by atoms with Gasteiger partial charge in [-0.15, -0.1) is 0 Å². The topological polar surface area (TPSA) is 50.8 Å². The molecule has 0 atom stereocenters. The number of benzene rings is 2. The van der Waals surface area contributed by atoms with Gasteiger partial charge in [0.1, 0.15) is 0 Å². The summed E-state index contributed by atoms with van der Waals surface area (Å²) >= 11 is 0. The smallest absolute Gasteiger partial charge is 0.238 e. The molecule has 0 saturated carbocycles. The van der Waals surface area contributed by atoms with Crippen LogP contribution in [0.15, 0.2) is 36.4 Å². The summed E-state index contributed by atoms with van der Waals surface area (Å²) in [6.45, 7) is 5.22. The Labute approximate surface area is 155 Å². The first-order valence-corrected chi connectivity index (χ1v) is 8.69. The van der Waals surface area contributed by atoms with Crippen LogP contribution in [0, 0.1) is 13.8 Å². The number of anilines is 1. The second kappa shape index (κ2) is 9.25. The molecule has 0 aliphatic rings. The number of methoxy groups -OCH3 is 2. The second-order valence-electron chi connectivity index (χ2n) is 6.52. The van der Waals surface area contributed by atoms with Crippen molar-refractivity contribution in [3.8, 4) is 11.5 Å².